The zero-order valence-electron chi connectivity index (χ0n) is 21.4. The normalized spacial score (nSPS) is 12.7. The fourth-order valence-corrected chi connectivity index (χ4v) is 3.43. The second-order valence-electron chi connectivity index (χ2n) is 10.1. The van der Waals surface area contributed by atoms with Crippen LogP contribution >= 0.6 is 0 Å². The van der Waals surface area contributed by atoms with Crippen molar-refractivity contribution in [1.29, 1.82) is 0 Å². The van der Waals surface area contributed by atoms with Crippen molar-refractivity contribution in [3.8, 4) is 0 Å². The van der Waals surface area contributed by atoms with Crippen LogP contribution in [0.2, 0.25) is 0 Å². The molecule has 190 valence electrons. The third kappa shape index (κ3) is 11.3. The van der Waals surface area contributed by atoms with Crippen molar-refractivity contribution in [3.63, 3.8) is 0 Å². The summed E-state index contributed by atoms with van der Waals surface area (Å²) in [5.74, 6) is -0.378. The van der Waals surface area contributed by atoms with E-state index in [0.29, 0.717) is 12.5 Å². The molecule has 1 amide bonds. The van der Waals surface area contributed by atoms with Crippen LogP contribution in [0, 0.1) is 5.92 Å². The summed E-state index contributed by atoms with van der Waals surface area (Å²) in [5, 5.41) is 15.3. The molecule has 0 aliphatic rings. The van der Waals surface area contributed by atoms with Crippen LogP contribution in [0.4, 0.5) is 0 Å². The van der Waals surface area contributed by atoms with Gasteiger partial charge in [-0.25, -0.2) is 5.48 Å². The monoisotopic (exact) mass is 481 g/mol. The van der Waals surface area contributed by atoms with E-state index in [-0.39, 0.29) is 12.0 Å². The Hall–Kier alpha value is -3.00. The van der Waals surface area contributed by atoms with E-state index in [1.54, 1.807) is 11.6 Å². The van der Waals surface area contributed by atoms with Gasteiger partial charge in [-0.2, -0.15) is 0 Å². The minimum atomic E-state index is -0.559. The van der Waals surface area contributed by atoms with Crippen LogP contribution in [0.3, 0.4) is 0 Å². The minimum absolute atomic E-state index is 0.202. The molecule has 0 radical (unpaired) electrons. The van der Waals surface area contributed by atoms with Gasteiger partial charge in [-0.3, -0.25) is 14.8 Å². The summed E-state index contributed by atoms with van der Waals surface area (Å²) in [6.45, 7) is 11.9. The second-order valence-corrected chi connectivity index (χ2v) is 10.1. The molecule has 2 aromatic carbocycles. The van der Waals surface area contributed by atoms with Gasteiger partial charge in [-0.05, 0) is 61.4 Å². The number of ether oxygens (including phenoxy) is 1. The molecule has 0 fully saturated rings. The van der Waals surface area contributed by atoms with E-state index in [0.717, 1.165) is 36.2 Å². The van der Waals surface area contributed by atoms with E-state index in [1.165, 1.54) is 11.6 Å². The van der Waals surface area contributed by atoms with Crippen LogP contribution in [-0.2, 0) is 34.0 Å². The van der Waals surface area contributed by atoms with Crippen molar-refractivity contribution >= 4 is 18.0 Å². The van der Waals surface area contributed by atoms with Crippen molar-refractivity contribution in [1.82, 2.24) is 16.1 Å². The lowest BCUT2D eigenvalue weighted by molar-refractivity contribution is -0.158. The summed E-state index contributed by atoms with van der Waals surface area (Å²) in [6.07, 6.45) is 3.64. The lowest BCUT2D eigenvalue weighted by atomic mass is 10.0. The highest BCUT2D eigenvalue weighted by molar-refractivity contribution is 5.90. The lowest BCUT2D eigenvalue weighted by Crippen LogP contribution is -2.41. The van der Waals surface area contributed by atoms with Crippen molar-refractivity contribution in [3.05, 3.63) is 76.9 Å². The van der Waals surface area contributed by atoms with Crippen molar-refractivity contribution < 1.29 is 19.5 Å². The molecule has 0 aliphatic heterocycles. The SMILES string of the molecule is CC(C)C[C@H](NCc1ccc(CNCc2ccc(/C=C/C(=O)NO)cc2)cc1)C(=O)OC(C)(C)C. The number of hydrogen-bond donors (Lipinski definition) is 4. The average molecular weight is 482 g/mol. The first-order chi connectivity index (χ1) is 16.6. The summed E-state index contributed by atoms with van der Waals surface area (Å²) in [7, 11) is 0. The molecule has 0 unspecified atom stereocenters. The molecule has 7 nitrogen and oxygen atoms in total. The minimum Gasteiger partial charge on any atom is -0.459 e. The fraction of sp³-hybridized carbons (Fsp3) is 0.429. The van der Waals surface area contributed by atoms with E-state index in [4.69, 9.17) is 9.94 Å². The summed E-state index contributed by atoms with van der Waals surface area (Å²) < 4.78 is 5.58. The first kappa shape index (κ1) is 28.2. The molecule has 2 rings (SSSR count). The number of carbonyl (C=O) groups excluding carboxylic acids is 2. The molecular formula is C28H39N3O4. The van der Waals surface area contributed by atoms with Crippen LogP contribution in [0.5, 0.6) is 0 Å². The van der Waals surface area contributed by atoms with Crippen LogP contribution in [-0.4, -0.2) is 28.7 Å². The average Bonchev–Trinajstić information content (AvgIpc) is 2.80. The Morgan fingerprint density at radius 3 is 1.91 bits per heavy atom. The third-order valence-corrected chi connectivity index (χ3v) is 5.15. The van der Waals surface area contributed by atoms with Gasteiger partial charge in [0, 0.05) is 25.7 Å². The van der Waals surface area contributed by atoms with E-state index < -0.39 is 11.5 Å². The molecule has 0 aliphatic carbocycles. The third-order valence-electron chi connectivity index (χ3n) is 5.15. The zero-order chi connectivity index (χ0) is 25.8. The molecule has 0 saturated carbocycles. The van der Waals surface area contributed by atoms with Gasteiger partial charge >= 0.3 is 5.97 Å². The Labute approximate surface area is 208 Å². The maximum atomic E-state index is 12.6. The summed E-state index contributed by atoms with van der Waals surface area (Å²) in [4.78, 5) is 23.6. The Kier molecular flexibility index (Phi) is 11.1. The standard InChI is InChI=1S/C28H39N3O4/c1-20(2)16-25(27(33)35-28(3,4)5)30-19-24-12-10-23(11-13-24)18-29-17-22-8-6-21(7-9-22)14-15-26(32)31-34/h6-15,20,25,29-30,34H,16-19H2,1-5H3,(H,31,32)/b15-14+/t25-/m0/s1. The molecule has 0 saturated heterocycles. The van der Waals surface area contributed by atoms with Gasteiger partial charge < -0.3 is 15.4 Å². The summed E-state index contributed by atoms with van der Waals surface area (Å²) in [5.41, 5.74) is 5.37. The number of esters is 1. The van der Waals surface area contributed by atoms with Crippen molar-refractivity contribution in [2.45, 2.75) is 72.3 Å². The zero-order valence-corrected chi connectivity index (χ0v) is 21.4. The highest BCUT2D eigenvalue weighted by Crippen LogP contribution is 2.14. The van der Waals surface area contributed by atoms with Gasteiger partial charge in [0.15, 0.2) is 0 Å². The predicted octanol–water partition coefficient (Wildman–Crippen LogP) is 4.34. The molecule has 1 atom stereocenters. The quantitative estimate of drug-likeness (QED) is 0.156. The molecule has 0 bridgehead atoms. The first-order valence-corrected chi connectivity index (χ1v) is 12.0. The Balaban J connectivity index is 1.82. The number of nitrogens with one attached hydrogen (secondary N) is 3. The Morgan fingerprint density at radius 1 is 0.914 bits per heavy atom. The van der Waals surface area contributed by atoms with E-state index >= 15 is 0 Å². The van der Waals surface area contributed by atoms with Gasteiger partial charge in [0.2, 0.25) is 0 Å². The van der Waals surface area contributed by atoms with E-state index in [9.17, 15) is 9.59 Å². The van der Waals surface area contributed by atoms with Crippen molar-refractivity contribution in [2.75, 3.05) is 0 Å². The highest BCUT2D eigenvalue weighted by Gasteiger charge is 2.25. The molecule has 7 heteroatoms. The summed E-state index contributed by atoms with van der Waals surface area (Å²) >= 11 is 0. The topological polar surface area (TPSA) is 99.7 Å². The first-order valence-electron chi connectivity index (χ1n) is 12.0. The number of rotatable bonds is 12. The Bertz CT molecular complexity index is 961. The van der Waals surface area contributed by atoms with E-state index in [2.05, 4.69) is 48.7 Å². The maximum absolute atomic E-state index is 12.6. The number of hydroxylamine groups is 1. The molecule has 0 heterocycles. The maximum Gasteiger partial charge on any atom is 0.323 e. The molecule has 4 N–H and O–H groups in total. The lowest BCUT2D eigenvalue weighted by Gasteiger charge is -2.25. The van der Waals surface area contributed by atoms with E-state index in [1.807, 2.05) is 45.0 Å². The number of hydrogen-bond acceptors (Lipinski definition) is 6. The molecule has 35 heavy (non-hydrogen) atoms. The molecule has 0 aromatic heterocycles. The highest BCUT2D eigenvalue weighted by atomic mass is 16.6. The van der Waals surface area contributed by atoms with Crippen LogP contribution < -0.4 is 16.1 Å². The predicted molar refractivity (Wildman–Crippen MR) is 138 cm³/mol. The van der Waals surface area contributed by atoms with Gasteiger partial charge in [-0.15, -0.1) is 0 Å². The molecule has 0 spiro atoms. The number of benzene rings is 2. The van der Waals surface area contributed by atoms with Gasteiger partial charge in [0.05, 0.1) is 0 Å². The van der Waals surface area contributed by atoms with Gasteiger partial charge in [-0.1, -0.05) is 62.4 Å². The van der Waals surface area contributed by atoms with Crippen LogP contribution in [0.15, 0.2) is 54.6 Å². The molecular weight excluding hydrogens is 442 g/mol. The molecule has 2 aromatic rings. The van der Waals surface area contributed by atoms with Gasteiger partial charge in [0.1, 0.15) is 11.6 Å². The van der Waals surface area contributed by atoms with Gasteiger partial charge in [0.25, 0.3) is 5.91 Å². The second kappa shape index (κ2) is 13.8. The number of amides is 1. The Morgan fingerprint density at radius 2 is 1.43 bits per heavy atom. The smallest absolute Gasteiger partial charge is 0.323 e. The van der Waals surface area contributed by atoms with Crippen LogP contribution in [0.1, 0.15) is 63.3 Å². The number of carbonyl (C=O) groups is 2. The van der Waals surface area contributed by atoms with Crippen molar-refractivity contribution in [2.24, 2.45) is 5.92 Å². The summed E-state index contributed by atoms with van der Waals surface area (Å²) in [6, 6.07) is 15.8. The van der Waals surface area contributed by atoms with Crippen LogP contribution in [0.25, 0.3) is 6.08 Å². The fourth-order valence-electron chi connectivity index (χ4n) is 3.43. The largest absolute Gasteiger partial charge is 0.459 e.